The molecule has 0 saturated heterocycles. The number of ether oxygens (including phenoxy) is 1. The minimum atomic E-state index is 0.723. The highest BCUT2D eigenvalue weighted by atomic mass is 16.5. The molecule has 0 aliphatic carbocycles. The first-order chi connectivity index (χ1) is 21.5. The Balaban J connectivity index is 1.19. The van der Waals surface area contributed by atoms with Crippen LogP contribution in [0.4, 0.5) is 22.7 Å². The van der Waals surface area contributed by atoms with Gasteiger partial charge in [0.05, 0.1) is 22.4 Å². The predicted molar refractivity (Wildman–Crippen MR) is 181 cm³/mol. The van der Waals surface area contributed by atoms with E-state index in [4.69, 9.17) is 4.74 Å². The average molecular weight is 573 g/mol. The molecule has 5 heteroatoms. The molecule has 7 aromatic rings. The minimum Gasteiger partial charge on any atom is -0.457 e. The van der Waals surface area contributed by atoms with E-state index in [1.807, 2.05) is 24.4 Å². The third-order valence-corrected chi connectivity index (χ3v) is 8.63. The SMILES string of the molecule is Cc1cc(Oc2ccc3c4ccccc4n(-c4ccccn4)c3c2)cc(N2CN(c3ccccc3)c3cc(C)c(C)cc32)c1. The lowest BCUT2D eigenvalue weighted by Gasteiger charge is -2.23. The number of aryl methyl sites for hydroxylation is 3. The molecule has 2 aromatic heterocycles. The molecule has 8 rings (SSSR count). The fourth-order valence-electron chi connectivity index (χ4n) is 6.39. The molecule has 0 spiro atoms. The van der Waals surface area contributed by atoms with Crippen molar-refractivity contribution < 1.29 is 4.74 Å². The maximum Gasteiger partial charge on any atom is 0.137 e. The van der Waals surface area contributed by atoms with Gasteiger partial charge in [-0.25, -0.2) is 4.98 Å². The fraction of sp³-hybridized carbons (Fsp3) is 0.103. The number of rotatable bonds is 5. The average Bonchev–Trinajstić information content (AvgIpc) is 3.57. The second-order valence-electron chi connectivity index (χ2n) is 11.6. The zero-order valence-corrected chi connectivity index (χ0v) is 25.0. The van der Waals surface area contributed by atoms with Crippen molar-refractivity contribution in [2.75, 3.05) is 16.5 Å². The summed E-state index contributed by atoms with van der Waals surface area (Å²) < 4.78 is 8.83. The smallest absolute Gasteiger partial charge is 0.137 e. The van der Waals surface area contributed by atoms with E-state index < -0.39 is 0 Å². The number of para-hydroxylation sites is 2. The van der Waals surface area contributed by atoms with Gasteiger partial charge >= 0.3 is 0 Å². The van der Waals surface area contributed by atoms with E-state index in [0.717, 1.165) is 46.3 Å². The highest BCUT2D eigenvalue weighted by molar-refractivity contribution is 6.09. The maximum absolute atomic E-state index is 6.62. The predicted octanol–water partition coefficient (Wildman–Crippen LogP) is 10.1. The van der Waals surface area contributed by atoms with Gasteiger partial charge in [0.1, 0.15) is 24.0 Å². The van der Waals surface area contributed by atoms with Crippen LogP contribution in [0.25, 0.3) is 27.6 Å². The number of aromatic nitrogens is 2. The van der Waals surface area contributed by atoms with Crippen molar-refractivity contribution in [2.45, 2.75) is 20.8 Å². The molecular weight excluding hydrogens is 540 g/mol. The normalized spacial score (nSPS) is 12.7. The molecule has 1 aliphatic heterocycles. The number of hydrogen-bond donors (Lipinski definition) is 0. The van der Waals surface area contributed by atoms with Crippen molar-refractivity contribution in [3.63, 3.8) is 0 Å². The number of benzene rings is 5. The Labute approximate surface area is 257 Å². The molecule has 0 atom stereocenters. The molecule has 0 bridgehead atoms. The third kappa shape index (κ3) is 4.36. The van der Waals surface area contributed by atoms with Crippen molar-refractivity contribution in [3.8, 4) is 17.3 Å². The van der Waals surface area contributed by atoms with Crippen molar-refractivity contribution in [2.24, 2.45) is 0 Å². The van der Waals surface area contributed by atoms with Crippen molar-refractivity contribution in [1.29, 1.82) is 0 Å². The molecule has 0 radical (unpaired) electrons. The number of anilines is 4. The molecule has 214 valence electrons. The lowest BCUT2D eigenvalue weighted by molar-refractivity contribution is 0.483. The van der Waals surface area contributed by atoms with Crippen LogP contribution in [0.5, 0.6) is 11.5 Å². The first-order valence-electron chi connectivity index (χ1n) is 15.0. The summed E-state index contributed by atoms with van der Waals surface area (Å²) in [6, 6.07) is 42.5. The Bertz CT molecular complexity index is 2170. The van der Waals surface area contributed by atoms with Crippen LogP contribution < -0.4 is 14.5 Å². The number of fused-ring (bicyclic) bond motifs is 4. The van der Waals surface area contributed by atoms with Gasteiger partial charge in [-0.1, -0.05) is 42.5 Å². The van der Waals surface area contributed by atoms with Crippen LogP contribution in [0.2, 0.25) is 0 Å². The summed E-state index contributed by atoms with van der Waals surface area (Å²) in [6.45, 7) is 7.22. The van der Waals surface area contributed by atoms with Gasteiger partial charge in [0.25, 0.3) is 0 Å². The van der Waals surface area contributed by atoms with E-state index in [-0.39, 0.29) is 0 Å². The van der Waals surface area contributed by atoms with Gasteiger partial charge in [-0.2, -0.15) is 0 Å². The summed E-state index contributed by atoms with van der Waals surface area (Å²) in [7, 11) is 0. The molecule has 5 aromatic carbocycles. The highest BCUT2D eigenvalue weighted by Crippen LogP contribution is 2.46. The van der Waals surface area contributed by atoms with Crippen molar-refractivity contribution >= 4 is 44.6 Å². The van der Waals surface area contributed by atoms with E-state index in [0.29, 0.717) is 0 Å². The lowest BCUT2D eigenvalue weighted by Crippen LogP contribution is -2.23. The van der Waals surface area contributed by atoms with Gasteiger partial charge in [-0.3, -0.25) is 4.57 Å². The Morgan fingerprint density at radius 2 is 1.27 bits per heavy atom. The van der Waals surface area contributed by atoms with Crippen LogP contribution in [0.3, 0.4) is 0 Å². The molecule has 0 saturated carbocycles. The molecule has 1 aliphatic rings. The first-order valence-corrected chi connectivity index (χ1v) is 15.0. The molecule has 44 heavy (non-hydrogen) atoms. The largest absolute Gasteiger partial charge is 0.457 e. The summed E-state index contributed by atoms with van der Waals surface area (Å²) >= 11 is 0. The zero-order valence-electron chi connectivity index (χ0n) is 25.0. The second kappa shape index (κ2) is 10.3. The zero-order chi connectivity index (χ0) is 29.8. The number of hydrogen-bond acceptors (Lipinski definition) is 4. The summed E-state index contributed by atoms with van der Waals surface area (Å²) in [6.07, 6.45) is 1.84. The molecular formula is C39H32N4O. The fourth-order valence-corrected chi connectivity index (χ4v) is 6.39. The maximum atomic E-state index is 6.62. The molecule has 0 unspecified atom stereocenters. The Kier molecular flexibility index (Phi) is 6.12. The minimum absolute atomic E-state index is 0.723. The van der Waals surface area contributed by atoms with Crippen LogP contribution in [0.15, 0.2) is 128 Å². The van der Waals surface area contributed by atoms with E-state index in [1.165, 1.54) is 39.0 Å². The monoisotopic (exact) mass is 572 g/mol. The van der Waals surface area contributed by atoms with E-state index in [2.05, 4.69) is 143 Å². The van der Waals surface area contributed by atoms with Crippen molar-refractivity contribution in [3.05, 3.63) is 144 Å². The van der Waals surface area contributed by atoms with Crippen molar-refractivity contribution in [1.82, 2.24) is 9.55 Å². The quantitative estimate of drug-likeness (QED) is 0.205. The Morgan fingerprint density at radius 1 is 0.568 bits per heavy atom. The standard InChI is InChI=1S/C39H32N4O/c1-26-19-30(42-25-41(29-11-5-4-6-12-29)37-21-27(2)28(3)22-38(37)42)23-32(20-26)44-31-16-17-34-33-13-7-8-14-35(33)43(36(34)24-31)39-15-9-10-18-40-39/h4-24H,25H2,1-3H3. The summed E-state index contributed by atoms with van der Waals surface area (Å²) in [4.78, 5) is 9.44. The first kappa shape index (κ1) is 26.1. The van der Waals surface area contributed by atoms with Gasteiger partial charge in [0.2, 0.25) is 0 Å². The molecule has 5 nitrogen and oxygen atoms in total. The number of nitrogens with zero attached hydrogens (tertiary/aromatic N) is 4. The van der Waals surface area contributed by atoms with Crippen LogP contribution in [0, 0.1) is 20.8 Å². The Hall–Kier alpha value is -5.55. The van der Waals surface area contributed by atoms with E-state index in [1.54, 1.807) is 0 Å². The summed E-state index contributed by atoms with van der Waals surface area (Å²) in [5, 5.41) is 2.36. The van der Waals surface area contributed by atoms with Gasteiger partial charge in [-0.15, -0.1) is 0 Å². The number of pyridine rings is 1. The topological polar surface area (TPSA) is 33.5 Å². The lowest BCUT2D eigenvalue weighted by atomic mass is 10.1. The summed E-state index contributed by atoms with van der Waals surface area (Å²) in [5.74, 6) is 2.48. The van der Waals surface area contributed by atoms with Gasteiger partial charge in [0, 0.05) is 40.5 Å². The Morgan fingerprint density at radius 3 is 2.05 bits per heavy atom. The van der Waals surface area contributed by atoms with Crippen LogP contribution in [0.1, 0.15) is 16.7 Å². The van der Waals surface area contributed by atoms with Crippen LogP contribution >= 0.6 is 0 Å². The molecule has 3 heterocycles. The molecule has 0 fully saturated rings. The van der Waals surface area contributed by atoms with Gasteiger partial charge in [0.15, 0.2) is 0 Å². The van der Waals surface area contributed by atoms with Crippen LogP contribution in [-0.2, 0) is 0 Å². The summed E-state index contributed by atoms with van der Waals surface area (Å²) in [5.41, 5.74) is 10.6. The molecule has 0 amide bonds. The highest BCUT2D eigenvalue weighted by Gasteiger charge is 2.29. The van der Waals surface area contributed by atoms with Crippen LogP contribution in [-0.4, -0.2) is 16.2 Å². The van der Waals surface area contributed by atoms with Gasteiger partial charge in [-0.05, 0) is 104 Å². The van der Waals surface area contributed by atoms with E-state index in [9.17, 15) is 0 Å². The molecule has 0 N–H and O–H groups in total. The second-order valence-corrected chi connectivity index (χ2v) is 11.6. The third-order valence-electron chi connectivity index (χ3n) is 8.63. The van der Waals surface area contributed by atoms with Gasteiger partial charge < -0.3 is 14.5 Å². The van der Waals surface area contributed by atoms with E-state index >= 15 is 0 Å².